The molecule has 1 amide bonds. The van der Waals surface area contributed by atoms with Gasteiger partial charge in [0.05, 0.1) is 5.56 Å². The van der Waals surface area contributed by atoms with Gasteiger partial charge >= 0.3 is 0 Å². The molecular weight excluding hydrogens is 306 g/mol. The fourth-order valence-electron chi connectivity index (χ4n) is 1.71. The van der Waals surface area contributed by atoms with Crippen molar-refractivity contribution in [2.24, 2.45) is 0 Å². The van der Waals surface area contributed by atoms with Crippen molar-refractivity contribution < 1.29 is 4.79 Å². The van der Waals surface area contributed by atoms with Gasteiger partial charge in [0.25, 0.3) is 5.91 Å². The molecule has 0 aliphatic carbocycles. The molecule has 0 atom stereocenters. The molecule has 0 unspecified atom stereocenters. The quantitative estimate of drug-likeness (QED) is 0.913. The van der Waals surface area contributed by atoms with E-state index in [0.29, 0.717) is 12.1 Å². The van der Waals surface area contributed by atoms with Gasteiger partial charge in [0.15, 0.2) is 0 Å². The molecule has 0 radical (unpaired) electrons. The SMILES string of the molecule is Cc1ccccc1CNC(=O)c1cc(Br)cnc1N. The maximum absolute atomic E-state index is 12.1. The smallest absolute Gasteiger partial charge is 0.255 e. The molecule has 2 rings (SSSR count). The molecule has 5 heteroatoms. The van der Waals surface area contributed by atoms with Crippen molar-refractivity contribution in [3.05, 3.63) is 57.7 Å². The van der Waals surface area contributed by atoms with Gasteiger partial charge in [0, 0.05) is 17.2 Å². The predicted octanol–water partition coefficient (Wildman–Crippen LogP) is 2.66. The van der Waals surface area contributed by atoms with Gasteiger partial charge < -0.3 is 11.1 Å². The lowest BCUT2D eigenvalue weighted by Crippen LogP contribution is -2.24. The second-order valence-corrected chi connectivity index (χ2v) is 5.11. The van der Waals surface area contributed by atoms with Crippen LogP contribution in [0.4, 0.5) is 5.82 Å². The van der Waals surface area contributed by atoms with E-state index in [1.807, 2.05) is 31.2 Å². The van der Waals surface area contributed by atoms with Gasteiger partial charge in [-0.1, -0.05) is 24.3 Å². The first-order valence-electron chi connectivity index (χ1n) is 5.81. The van der Waals surface area contributed by atoms with E-state index < -0.39 is 0 Å². The number of aromatic nitrogens is 1. The molecule has 0 saturated heterocycles. The first-order valence-corrected chi connectivity index (χ1v) is 6.61. The van der Waals surface area contributed by atoms with E-state index in [0.717, 1.165) is 15.6 Å². The molecule has 1 heterocycles. The summed E-state index contributed by atoms with van der Waals surface area (Å²) in [5.74, 6) is 0.0000340. The number of nitrogens with one attached hydrogen (secondary N) is 1. The van der Waals surface area contributed by atoms with Gasteiger partial charge in [0.2, 0.25) is 0 Å². The Kier molecular flexibility index (Phi) is 4.16. The number of anilines is 1. The van der Waals surface area contributed by atoms with Crippen molar-refractivity contribution in [2.75, 3.05) is 5.73 Å². The van der Waals surface area contributed by atoms with E-state index in [1.165, 1.54) is 0 Å². The molecule has 4 nitrogen and oxygen atoms in total. The highest BCUT2D eigenvalue weighted by atomic mass is 79.9. The Bertz CT molecular complexity index is 613. The van der Waals surface area contributed by atoms with E-state index in [-0.39, 0.29) is 11.7 Å². The zero-order chi connectivity index (χ0) is 13.8. The molecule has 0 bridgehead atoms. The molecule has 1 aromatic heterocycles. The van der Waals surface area contributed by atoms with Crippen LogP contribution in [0.2, 0.25) is 0 Å². The fraction of sp³-hybridized carbons (Fsp3) is 0.143. The van der Waals surface area contributed by atoms with Crippen molar-refractivity contribution >= 4 is 27.7 Å². The van der Waals surface area contributed by atoms with Gasteiger partial charge in [-0.3, -0.25) is 4.79 Å². The highest BCUT2D eigenvalue weighted by molar-refractivity contribution is 9.10. The maximum atomic E-state index is 12.1. The Balaban J connectivity index is 2.10. The molecule has 3 N–H and O–H groups in total. The molecule has 2 aromatic rings. The molecule has 1 aromatic carbocycles. The van der Waals surface area contributed by atoms with Crippen molar-refractivity contribution in [1.29, 1.82) is 0 Å². The molecule has 0 aliphatic heterocycles. The van der Waals surface area contributed by atoms with Crippen LogP contribution in [-0.2, 0) is 6.54 Å². The van der Waals surface area contributed by atoms with Crippen molar-refractivity contribution in [1.82, 2.24) is 10.3 Å². The summed E-state index contributed by atoms with van der Waals surface area (Å²) in [6.07, 6.45) is 1.56. The molecular formula is C14H14BrN3O. The third-order valence-corrected chi connectivity index (χ3v) is 3.26. The lowest BCUT2D eigenvalue weighted by atomic mass is 10.1. The number of nitrogen functional groups attached to an aromatic ring is 1. The number of nitrogens with two attached hydrogens (primary N) is 1. The highest BCUT2D eigenvalue weighted by Gasteiger charge is 2.11. The van der Waals surface area contributed by atoms with E-state index in [1.54, 1.807) is 12.3 Å². The van der Waals surface area contributed by atoms with Crippen molar-refractivity contribution in [3.8, 4) is 0 Å². The molecule has 0 saturated carbocycles. The number of aryl methyl sites for hydroxylation is 1. The number of rotatable bonds is 3. The number of benzene rings is 1. The first-order chi connectivity index (χ1) is 9.08. The maximum Gasteiger partial charge on any atom is 0.255 e. The Hall–Kier alpha value is -1.88. The zero-order valence-electron chi connectivity index (χ0n) is 10.5. The Morgan fingerprint density at radius 3 is 2.89 bits per heavy atom. The third kappa shape index (κ3) is 3.32. The molecule has 0 fully saturated rings. The minimum Gasteiger partial charge on any atom is -0.383 e. The van der Waals surface area contributed by atoms with Crippen LogP contribution in [0.5, 0.6) is 0 Å². The molecule has 19 heavy (non-hydrogen) atoms. The average Bonchev–Trinajstić information content (AvgIpc) is 2.40. The van der Waals surface area contributed by atoms with Crippen molar-refractivity contribution in [2.45, 2.75) is 13.5 Å². The van der Waals surface area contributed by atoms with Crippen molar-refractivity contribution in [3.63, 3.8) is 0 Å². The summed E-state index contributed by atoms with van der Waals surface area (Å²) >= 11 is 3.27. The van der Waals surface area contributed by atoms with Gasteiger partial charge in [-0.2, -0.15) is 0 Å². The van der Waals surface area contributed by atoms with Gasteiger partial charge in [-0.25, -0.2) is 4.98 Å². The van der Waals surface area contributed by atoms with Crippen LogP contribution in [0.15, 0.2) is 41.0 Å². The second kappa shape index (κ2) is 5.84. The van der Waals surface area contributed by atoms with E-state index in [2.05, 4.69) is 26.2 Å². The van der Waals surface area contributed by atoms with Crippen LogP contribution in [0.1, 0.15) is 21.5 Å². The molecule has 0 aliphatic rings. The predicted molar refractivity (Wildman–Crippen MR) is 78.7 cm³/mol. The number of carbonyl (C=O) groups excluding carboxylic acids is 1. The zero-order valence-corrected chi connectivity index (χ0v) is 12.1. The second-order valence-electron chi connectivity index (χ2n) is 4.20. The topological polar surface area (TPSA) is 68.0 Å². The number of amides is 1. The van der Waals surface area contributed by atoms with Crippen LogP contribution in [-0.4, -0.2) is 10.9 Å². The van der Waals surface area contributed by atoms with Gasteiger partial charge in [-0.15, -0.1) is 0 Å². The van der Waals surface area contributed by atoms with Crippen LogP contribution in [0, 0.1) is 6.92 Å². The highest BCUT2D eigenvalue weighted by Crippen LogP contribution is 2.15. The normalized spacial score (nSPS) is 10.2. The monoisotopic (exact) mass is 319 g/mol. The van der Waals surface area contributed by atoms with Crippen LogP contribution in [0.3, 0.4) is 0 Å². The summed E-state index contributed by atoms with van der Waals surface area (Å²) in [5.41, 5.74) is 8.30. The summed E-state index contributed by atoms with van der Waals surface area (Å²) < 4.78 is 0.725. The minimum atomic E-state index is -0.227. The summed E-state index contributed by atoms with van der Waals surface area (Å²) in [7, 11) is 0. The Morgan fingerprint density at radius 1 is 1.42 bits per heavy atom. The molecule has 0 spiro atoms. The number of hydrogen-bond acceptors (Lipinski definition) is 3. The standard InChI is InChI=1S/C14H14BrN3O/c1-9-4-2-3-5-10(9)7-18-14(19)12-6-11(15)8-17-13(12)16/h2-6,8H,7H2,1H3,(H2,16,17)(H,18,19). The van der Waals surface area contributed by atoms with Crippen LogP contribution in [0.25, 0.3) is 0 Å². The van der Waals surface area contributed by atoms with Gasteiger partial charge in [0.1, 0.15) is 5.82 Å². The van der Waals surface area contributed by atoms with E-state index in [9.17, 15) is 4.79 Å². The number of halogens is 1. The number of nitrogens with zero attached hydrogens (tertiary/aromatic N) is 1. The summed E-state index contributed by atoms with van der Waals surface area (Å²) in [6.45, 7) is 2.48. The fourth-order valence-corrected chi connectivity index (χ4v) is 2.04. The Labute approximate surface area is 120 Å². The number of hydrogen-bond donors (Lipinski definition) is 2. The van der Waals surface area contributed by atoms with Gasteiger partial charge in [-0.05, 0) is 40.0 Å². The lowest BCUT2D eigenvalue weighted by Gasteiger charge is -2.09. The van der Waals surface area contributed by atoms with Crippen LogP contribution >= 0.6 is 15.9 Å². The largest absolute Gasteiger partial charge is 0.383 e. The number of pyridine rings is 1. The summed E-state index contributed by atoms with van der Waals surface area (Å²) in [6, 6.07) is 9.57. The molecule has 98 valence electrons. The average molecular weight is 320 g/mol. The van der Waals surface area contributed by atoms with E-state index >= 15 is 0 Å². The van der Waals surface area contributed by atoms with E-state index in [4.69, 9.17) is 5.73 Å². The Morgan fingerprint density at radius 2 is 2.16 bits per heavy atom. The third-order valence-electron chi connectivity index (χ3n) is 2.83. The van der Waals surface area contributed by atoms with Crippen LogP contribution < -0.4 is 11.1 Å². The number of carbonyl (C=O) groups is 1. The lowest BCUT2D eigenvalue weighted by molar-refractivity contribution is 0.0951. The first kappa shape index (κ1) is 13.5. The summed E-state index contributed by atoms with van der Waals surface area (Å²) in [5, 5.41) is 2.84. The summed E-state index contributed by atoms with van der Waals surface area (Å²) in [4.78, 5) is 16.0. The minimum absolute atomic E-state index is 0.227.